The van der Waals surface area contributed by atoms with Gasteiger partial charge < -0.3 is 14.6 Å². The Kier molecular flexibility index (Phi) is 4.72. The summed E-state index contributed by atoms with van der Waals surface area (Å²) in [5, 5.41) is 11.5. The van der Waals surface area contributed by atoms with E-state index in [1.165, 1.54) is 0 Å². The number of ether oxygens (including phenoxy) is 2. The number of fused-ring (bicyclic) bond motifs is 5. The SMILES string of the molecule is CCc1ccc(Oc2ccc(Br)cc2Cl)cc1C1=C(O)[C@H]2[C@@H](C1=O)[C@H]1CC[C@@H]2O1. The van der Waals surface area contributed by atoms with Crippen LogP contribution in [0.5, 0.6) is 11.5 Å². The van der Waals surface area contributed by atoms with Gasteiger partial charge in [0.05, 0.1) is 34.6 Å². The first-order valence-corrected chi connectivity index (χ1v) is 11.0. The van der Waals surface area contributed by atoms with Crippen molar-refractivity contribution in [3.63, 3.8) is 0 Å². The normalized spacial score (nSPS) is 27.6. The lowest BCUT2D eigenvalue weighted by Gasteiger charge is -2.19. The number of aliphatic hydroxyl groups excluding tert-OH is 1. The molecule has 4 nitrogen and oxygen atoms in total. The van der Waals surface area contributed by atoms with Gasteiger partial charge in [-0.2, -0.15) is 0 Å². The average molecular weight is 476 g/mol. The van der Waals surface area contributed by atoms with Crippen molar-refractivity contribution in [3.8, 4) is 11.5 Å². The summed E-state index contributed by atoms with van der Waals surface area (Å²) in [5.74, 6) is 0.828. The molecule has 2 heterocycles. The molecular weight excluding hydrogens is 456 g/mol. The Balaban J connectivity index is 1.54. The van der Waals surface area contributed by atoms with Gasteiger partial charge in [0.15, 0.2) is 5.78 Å². The molecule has 5 rings (SSSR count). The molecule has 1 N–H and O–H groups in total. The summed E-state index contributed by atoms with van der Waals surface area (Å²) in [6, 6.07) is 11.1. The molecule has 0 aromatic heterocycles. The van der Waals surface area contributed by atoms with Crippen molar-refractivity contribution in [1.82, 2.24) is 0 Å². The summed E-state index contributed by atoms with van der Waals surface area (Å²) in [5.41, 5.74) is 2.18. The molecule has 2 aliphatic heterocycles. The van der Waals surface area contributed by atoms with Crippen molar-refractivity contribution >= 4 is 38.9 Å². The van der Waals surface area contributed by atoms with Crippen LogP contribution in [-0.4, -0.2) is 23.1 Å². The van der Waals surface area contributed by atoms with Gasteiger partial charge in [-0.25, -0.2) is 0 Å². The largest absolute Gasteiger partial charge is 0.511 e. The van der Waals surface area contributed by atoms with Crippen LogP contribution in [0.1, 0.15) is 30.9 Å². The summed E-state index contributed by atoms with van der Waals surface area (Å²) in [6.45, 7) is 2.04. The number of hydrogen-bond acceptors (Lipinski definition) is 4. The first kappa shape index (κ1) is 19.2. The van der Waals surface area contributed by atoms with Crippen molar-refractivity contribution in [1.29, 1.82) is 0 Å². The van der Waals surface area contributed by atoms with Crippen molar-refractivity contribution in [3.05, 3.63) is 62.8 Å². The van der Waals surface area contributed by atoms with E-state index in [4.69, 9.17) is 21.1 Å². The molecule has 0 unspecified atom stereocenters. The van der Waals surface area contributed by atoms with Crippen molar-refractivity contribution < 1.29 is 19.4 Å². The maximum Gasteiger partial charge on any atom is 0.173 e. The van der Waals surface area contributed by atoms with E-state index in [0.29, 0.717) is 22.1 Å². The fraction of sp³-hybridized carbons (Fsp3) is 0.348. The Morgan fingerprint density at radius 3 is 2.62 bits per heavy atom. The average Bonchev–Trinajstić information content (AvgIpc) is 3.38. The van der Waals surface area contributed by atoms with Crippen LogP contribution in [-0.2, 0) is 16.0 Å². The molecular formula is C23H20BrClO4. The van der Waals surface area contributed by atoms with Gasteiger partial charge in [0.1, 0.15) is 17.3 Å². The van der Waals surface area contributed by atoms with Crippen LogP contribution < -0.4 is 4.74 Å². The Morgan fingerprint density at radius 1 is 1.17 bits per heavy atom. The zero-order valence-electron chi connectivity index (χ0n) is 15.8. The topological polar surface area (TPSA) is 55.8 Å². The van der Waals surface area contributed by atoms with Crippen LogP contribution in [0.25, 0.3) is 5.57 Å². The molecule has 0 saturated carbocycles. The number of halogens is 2. The van der Waals surface area contributed by atoms with Crippen LogP contribution in [0.2, 0.25) is 5.02 Å². The quantitative estimate of drug-likeness (QED) is 0.580. The summed E-state index contributed by atoms with van der Waals surface area (Å²) >= 11 is 9.67. The third-order valence-corrected chi connectivity index (χ3v) is 7.04. The lowest BCUT2D eigenvalue weighted by atomic mass is 9.80. The van der Waals surface area contributed by atoms with Crippen LogP contribution in [0, 0.1) is 11.8 Å². The number of ketones is 1. The second-order valence-electron chi connectivity index (χ2n) is 7.82. The minimum absolute atomic E-state index is 0.00627. The third kappa shape index (κ3) is 3.02. The first-order valence-electron chi connectivity index (χ1n) is 9.87. The van der Waals surface area contributed by atoms with Crippen molar-refractivity contribution in [2.45, 2.75) is 38.4 Å². The number of benzene rings is 2. The van der Waals surface area contributed by atoms with Gasteiger partial charge in [0, 0.05) is 4.47 Å². The highest BCUT2D eigenvalue weighted by molar-refractivity contribution is 9.10. The van der Waals surface area contributed by atoms with E-state index in [1.54, 1.807) is 12.1 Å². The monoisotopic (exact) mass is 474 g/mol. The predicted octanol–water partition coefficient (Wildman–Crippen LogP) is 6.10. The molecule has 150 valence electrons. The van der Waals surface area contributed by atoms with Gasteiger partial charge in [0.25, 0.3) is 0 Å². The zero-order chi connectivity index (χ0) is 20.3. The number of carbonyl (C=O) groups excluding carboxylic acids is 1. The molecule has 0 radical (unpaired) electrons. The molecule has 0 spiro atoms. The van der Waals surface area contributed by atoms with E-state index >= 15 is 0 Å². The van der Waals surface area contributed by atoms with Gasteiger partial charge in [0.2, 0.25) is 0 Å². The van der Waals surface area contributed by atoms with E-state index in [2.05, 4.69) is 15.9 Å². The third-order valence-electron chi connectivity index (χ3n) is 6.25. The van der Waals surface area contributed by atoms with Crippen molar-refractivity contribution in [2.24, 2.45) is 11.8 Å². The van der Waals surface area contributed by atoms with E-state index < -0.39 is 0 Å². The summed E-state index contributed by atoms with van der Waals surface area (Å²) in [4.78, 5) is 13.3. The molecule has 2 fully saturated rings. The number of allylic oxidation sites excluding steroid dienone is 1. The van der Waals surface area contributed by atoms with Crippen LogP contribution in [0.3, 0.4) is 0 Å². The predicted molar refractivity (Wildman–Crippen MR) is 114 cm³/mol. The molecule has 2 aromatic rings. The first-order chi connectivity index (χ1) is 14.0. The van der Waals surface area contributed by atoms with Crippen molar-refractivity contribution in [2.75, 3.05) is 0 Å². The molecule has 2 saturated heterocycles. The van der Waals surface area contributed by atoms with Gasteiger partial charge in [-0.05, 0) is 60.7 Å². The molecule has 4 atom stereocenters. The lowest BCUT2D eigenvalue weighted by Crippen LogP contribution is -2.29. The fourth-order valence-corrected chi connectivity index (χ4v) is 5.65. The number of hydrogen-bond donors (Lipinski definition) is 1. The van der Waals surface area contributed by atoms with E-state index in [1.807, 2.05) is 31.2 Å². The second-order valence-corrected chi connectivity index (χ2v) is 9.14. The zero-order valence-corrected chi connectivity index (χ0v) is 18.2. The molecule has 0 amide bonds. The second kappa shape index (κ2) is 7.15. The Labute approximate surface area is 182 Å². The number of Topliss-reactive ketones (excluding diaryl/α,β-unsaturated/α-hetero) is 1. The van der Waals surface area contributed by atoms with E-state index in [-0.39, 0.29) is 35.6 Å². The van der Waals surface area contributed by atoms with Gasteiger partial charge in [-0.3, -0.25) is 4.79 Å². The molecule has 1 aliphatic carbocycles. The standard InChI is InChI=1S/C23H20BrClO4/c1-2-11-3-5-13(28-16-6-4-12(24)9-15(16)25)10-14(11)19-22(26)20-17-7-8-18(29-17)21(20)23(19)27/h3-6,9-10,17-18,20-21,26H,2,7-8H2,1H3/t17-,18+,20+,21-/m0/s1. The Morgan fingerprint density at radius 2 is 1.93 bits per heavy atom. The summed E-state index contributed by atoms with van der Waals surface area (Å²) < 4.78 is 12.7. The van der Waals surface area contributed by atoms with E-state index in [0.717, 1.165) is 34.9 Å². The van der Waals surface area contributed by atoms with Gasteiger partial charge in [-0.15, -0.1) is 0 Å². The molecule has 2 bridgehead atoms. The number of aliphatic hydroxyl groups is 1. The maximum absolute atomic E-state index is 13.3. The van der Waals surface area contributed by atoms with Gasteiger partial charge in [-0.1, -0.05) is 40.5 Å². The summed E-state index contributed by atoms with van der Waals surface area (Å²) in [7, 11) is 0. The molecule has 3 aliphatic rings. The highest BCUT2D eigenvalue weighted by Crippen LogP contribution is 2.54. The van der Waals surface area contributed by atoms with Crippen LogP contribution in [0.4, 0.5) is 0 Å². The number of rotatable bonds is 4. The summed E-state index contributed by atoms with van der Waals surface area (Å²) in [6.07, 6.45) is 2.43. The highest BCUT2D eigenvalue weighted by atomic mass is 79.9. The molecule has 29 heavy (non-hydrogen) atoms. The number of aryl methyl sites for hydroxylation is 1. The lowest BCUT2D eigenvalue weighted by molar-refractivity contribution is -0.118. The highest BCUT2D eigenvalue weighted by Gasteiger charge is 2.59. The smallest absolute Gasteiger partial charge is 0.173 e. The van der Waals surface area contributed by atoms with Crippen LogP contribution in [0.15, 0.2) is 46.6 Å². The van der Waals surface area contributed by atoms with E-state index in [9.17, 15) is 9.90 Å². The Hall–Kier alpha value is -1.82. The minimum atomic E-state index is -0.251. The van der Waals surface area contributed by atoms with Crippen LogP contribution >= 0.6 is 27.5 Å². The molecule has 6 heteroatoms. The maximum atomic E-state index is 13.3. The fourth-order valence-electron chi connectivity index (χ4n) is 4.93. The minimum Gasteiger partial charge on any atom is -0.511 e. The number of carbonyl (C=O) groups is 1. The van der Waals surface area contributed by atoms with Gasteiger partial charge >= 0.3 is 0 Å². The molecule has 2 aromatic carbocycles. The Bertz CT molecular complexity index is 1050.